The van der Waals surface area contributed by atoms with Gasteiger partial charge in [0.1, 0.15) is 0 Å². The highest BCUT2D eigenvalue weighted by Crippen LogP contribution is 2.44. The lowest BCUT2D eigenvalue weighted by Gasteiger charge is -2.38. The van der Waals surface area contributed by atoms with E-state index in [0.717, 1.165) is 31.6 Å². The fourth-order valence-electron chi connectivity index (χ4n) is 3.13. The van der Waals surface area contributed by atoms with E-state index in [0.29, 0.717) is 12.8 Å². The van der Waals surface area contributed by atoms with Crippen LogP contribution < -0.4 is 0 Å². The molecule has 1 saturated carbocycles. The number of carbonyl (C=O) groups is 1. The van der Waals surface area contributed by atoms with Crippen molar-refractivity contribution >= 4 is 5.97 Å². The molecule has 0 aromatic heterocycles. The average molecular weight is 270 g/mol. The van der Waals surface area contributed by atoms with Gasteiger partial charge in [0.25, 0.3) is 0 Å². The molecule has 112 valence electrons. The summed E-state index contributed by atoms with van der Waals surface area (Å²) in [5.41, 5.74) is -1.34. The third-order valence-electron chi connectivity index (χ3n) is 4.70. The maximum atomic E-state index is 11.6. The lowest BCUT2D eigenvalue weighted by atomic mass is 9.66. The molecule has 1 aliphatic rings. The minimum atomic E-state index is -0.762. The van der Waals surface area contributed by atoms with Gasteiger partial charge in [-0.2, -0.15) is 0 Å². The van der Waals surface area contributed by atoms with Crippen molar-refractivity contribution in [2.24, 2.45) is 11.3 Å². The summed E-state index contributed by atoms with van der Waals surface area (Å²) in [5, 5.41) is 19.4. The minimum absolute atomic E-state index is 0.568. The van der Waals surface area contributed by atoms with Gasteiger partial charge in [0.15, 0.2) is 0 Å². The van der Waals surface area contributed by atoms with Crippen LogP contribution in [0.5, 0.6) is 0 Å². The summed E-state index contributed by atoms with van der Waals surface area (Å²) < 4.78 is 0. The largest absolute Gasteiger partial charge is 0.481 e. The summed E-state index contributed by atoms with van der Waals surface area (Å²) in [6, 6.07) is 0. The van der Waals surface area contributed by atoms with Crippen LogP contribution in [-0.2, 0) is 4.79 Å². The van der Waals surface area contributed by atoms with Crippen molar-refractivity contribution in [1.82, 2.24) is 0 Å². The summed E-state index contributed by atoms with van der Waals surface area (Å²) in [7, 11) is 0. The maximum absolute atomic E-state index is 11.6. The number of aliphatic hydroxyl groups is 1. The van der Waals surface area contributed by atoms with Gasteiger partial charge in [0, 0.05) is 0 Å². The zero-order valence-corrected chi connectivity index (χ0v) is 12.7. The van der Waals surface area contributed by atoms with Gasteiger partial charge in [0.2, 0.25) is 0 Å². The van der Waals surface area contributed by atoms with E-state index < -0.39 is 17.0 Å². The van der Waals surface area contributed by atoms with Crippen LogP contribution in [0.4, 0.5) is 0 Å². The van der Waals surface area contributed by atoms with Crippen LogP contribution in [0.3, 0.4) is 0 Å². The molecule has 1 fully saturated rings. The molecular weight excluding hydrogens is 240 g/mol. The standard InChI is InChI=1S/C16H30O3/c1-4-5-6-13-7-9-16(10-8-13,14(17)18)12-11-15(2,3)19/h13,19H,4-12H2,1-3H3,(H,17,18). The quantitative estimate of drug-likeness (QED) is 0.735. The molecule has 0 saturated heterocycles. The van der Waals surface area contributed by atoms with Gasteiger partial charge in [-0.1, -0.05) is 26.2 Å². The second kappa shape index (κ2) is 6.74. The van der Waals surface area contributed by atoms with E-state index in [-0.39, 0.29) is 0 Å². The minimum Gasteiger partial charge on any atom is -0.481 e. The summed E-state index contributed by atoms with van der Waals surface area (Å²) in [4.78, 5) is 11.6. The molecular formula is C16H30O3. The Bertz CT molecular complexity index is 283. The molecule has 3 heteroatoms. The normalized spacial score (nSPS) is 28.3. The summed E-state index contributed by atoms with van der Waals surface area (Å²) >= 11 is 0. The lowest BCUT2D eigenvalue weighted by molar-refractivity contribution is -0.153. The number of carboxylic acid groups (broad SMARTS) is 1. The highest BCUT2D eigenvalue weighted by atomic mass is 16.4. The molecule has 0 aromatic rings. The summed E-state index contributed by atoms with van der Waals surface area (Å²) in [5.74, 6) is 0.0558. The van der Waals surface area contributed by atoms with Gasteiger partial charge < -0.3 is 10.2 Å². The number of rotatable bonds is 7. The van der Waals surface area contributed by atoms with Crippen LogP contribution in [0.2, 0.25) is 0 Å². The fourth-order valence-corrected chi connectivity index (χ4v) is 3.13. The zero-order valence-electron chi connectivity index (χ0n) is 12.7. The highest BCUT2D eigenvalue weighted by Gasteiger charge is 2.42. The predicted molar refractivity (Wildman–Crippen MR) is 77.1 cm³/mol. The first kappa shape index (κ1) is 16.5. The Hall–Kier alpha value is -0.570. The Morgan fingerprint density at radius 3 is 2.32 bits per heavy atom. The lowest BCUT2D eigenvalue weighted by Crippen LogP contribution is -2.37. The van der Waals surface area contributed by atoms with E-state index >= 15 is 0 Å². The molecule has 1 aliphatic carbocycles. The highest BCUT2D eigenvalue weighted by molar-refractivity contribution is 5.74. The number of hydrogen-bond donors (Lipinski definition) is 2. The van der Waals surface area contributed by atoms with Crippen molar-refractivity contribution in [3.05, 3.63) is 0 Å². The van der Waals surface area contributed by atoms with E-state index in [4.69, 9.17) is 0 Å². The third-order valence-corrected chi connectivity index (χ3v) is 4.70. The van der Waals surface area contributed by atoms with Crippen LogP contribution >= 0.6 is 0 Å². The van der Waals surface area contributed by atoms with E-state index in [1.165, 1.54) is 19.3 Å². The van der Waals surface area contributed by atoms with Crippen molar-refractivity contribution in [3.63, 3.8) is 0 Å². The molecule has 0 atom stereocenters. The second-order valence-electron chi connectivity index (χ2n) is 6.98. The van der Waals surface area contributed by atoms with E-state index in [9.17, 15) is 15.0 Å². The Balaban J connectivity index is 2.54. The molecule has 0 heterocycles. The zero-order chi connectivity index (χ0) is 14.5. The fraction of sp³-hybridized carbons (Fsp3) is 0.938. The van der Waals surface area contributed by atoms with E-state index in [2.05, 4.69) is 6.92 Å². The van der Waals surface area contributed by atoms with Crippen LogP contribution in [0.15, 0.2) is 0 Å². The smallest absolute Gasteiger partial charge is 0.309 e. The molecule has 0 radical (unpaired) electrons. The number of hydrogen-bond acceptors (Lipinski definition) is 2. The summed E-state index contributed by atoms with van der Waals surface area (Å²) in [6.07, 6.45) is 8.55. The van der Waals surface area contributed by atoms with Crippen LogP contribution in [0.1, 0.15) is 78.6 Å². The van der Waals surface area contributed by atoms with Crippen LogP contribution in [0.25, 0.3) is 0 Å². The maximum Gasteiger partial charge on any atom is 0.309 e. The first-order valence-corrected chi connectivity index (χ1v) is 7.75. The van der Waals surface area contributed by atoms with Crippen molar-refractivity contribution in [2.75, 3.05) is 0 Å². The Morgan fingerprint density at radius 2 is 1.89 bits per heavy atom. The van der Waals surface area contributed by atoms with Crippen molar-refractivity contribution in [3.8, 4) is 0 Å². The number of carboxylic acids is 1. The Labute approximate surface area is 117 Å². The molecule has 3 nitrogen and oxygen atoms in total. The van der Waals surface area contributed by atoms with Gasteiger partial charge in [0.05, 0.1) is 11.0 Å². The van der Waals surface area contributed by atoms with Crippen molar-refractivity contribution < 1.29 is 15.0 Å². The molecule has 0 amide bonds. The van der Waals surface area contributed by atoms with E-state index in [1.807, 2.05) is 0 Å². The third kappa shape index (κ3) is 5.13. The molecule has 0 unspecified atom stereocenters. The van der Waals surface area contributed by atoms with Gasteiger partial charge >= 0.3 is 5.97 Å². The Kier molecular flexibility index (Phi) is 5.84. The van der Waals surface area contributed by atoms with Crippen LogP contribution in [-0.4, -0.2) is 21.8 Å². The van der Waals surface area contributed by atoms with Crippen molar-refractivity contribution in [1.29, 1.82) is 0 Å². The molecule has 0 aliphatic heterocycles. The molecule has 1 rings (SSSR count). The van der Waals surface area contributed by atoms with Gasteiger partial charge in [-0.15, -0.1) is 0 Å². The van der Waals surface area contributed by atoms with E-state index in [1.54, 1.807) is 13.8 Å². The predicted octanol–water partition coefficient (Wildman–Crippen LogP) is 3.99. The number of unbranched alkanes of at least 4 members (excludes halogenated alkanes) is 1. The molecule has 0 bridgehead atoms. The van der Waals surface area contributed by atoms with Gasteiger partial charge in [-0.05, 0) is 58.3 Å². The Morgan fingerprint density at radius 1 is 1.32 bits per heavy atom. The molecule has 0 aromatic carbocycles. The van der Waals surface area contributed by atoms with Gasteiger partial charge in [-0.25, -0.2) is 0 Å². The number of aliphatic carboxylic acids is 1. The second-order valence-corrected chi connectivity index (χ2v) is 6.98. The van der Waals surface area contributed by atoms with Gasteiger partial charge in [-0.3, -0.25) is 4.79 Å². The van der Waals surface area contributed by atoms with Crippen molar-refractivity contribution in [2.45, 2.75) is 84.2 Å². The first-order valence-electron chi connectivity index (χ1n) is 7.75. The molecule has 2 N–H and O–H groups in total. The monoisotopic (exact) mass is 270 g/mol. The molecule has 0 spiro atoms. The average Bonchev–Trinajstić information content (AvgIpc) is 2.34. The topological polar surface area (TPSA) is 57.5 Å². The summed E-state index contributed by atoms with van der Waals surface area (Å²) in [6.45, 7) is 5.72. The first-order chi connectivity index (χ1) is 8.79. The molecule has 19 heavy (non-hydrogen) atoms. The van der Waals surface area contributed by atoms with Crippen LogP contribution in [0, 0.1) is 11.3 Å². The SMILES string of the molecule is CCCCC1CCC(CCC(C)(C)O)(C(=O)O)CC1.